The van der Waals surface area contributed by atoms with E-state index in [4.69, 9.17) is 4.74 Å². The van der Waals surface area contributed by atoms with E-state index in [1.165, 1.54) is 19.3 Å². The first-order chi connectivity index (χ1) is 14.0. The molecule has 4 saturated carbocycles. The summed E-state index contributed by atoms with van der Waals surface area (Å²) in [5.74, 6) is 1.92. The van der Waals surface area contributed by atoms with Crippen molar-refractivity contribution in [3.63, 3.8) is 0 Å². The quantitative estimate of drug-likeness (QED) is 0.665. The van der Waals surface area contributed by atoms with Gasteiger partial charge in [-0.1, -0.05) is 0 Å². The minimum atomic E-state index is -0.222. The standard InChI is InChI=1S/C22H35N3O4/c1-2-29-20(27)18-4-3-7-25(14-18)19(26)5-6-23-21(28)24-22-11-15-8-16(12-22)10-17(9-15)13-22/h15-18H,2-14H2,1H3,(H2,23,24,28). The van der Waals surface area contributed by atoms with Crippen LogP contribution in [-0.4, -0.2) is 54.6 Å². The number of likely N-dealkylation sites (tertiary alicyclic amines) is 1. The number of nitrogens with one attached hydrogen (secondary N) is 2. The summed E-state index contributed by atoms with van der Waals surface area (Å²) >= 11 is 0. The average molecular weight is 406 g/mol. The van der Waals surface area contributed by atoms with Gasteiger partial charge in [-0.05, 0) is 76.0 Å². The van der Waals surface area contributed by atoms with Crippen molar-refractivity contribution >= 4 is 17.9 Å². The second-order valence-electron chi connectivity index (χ2n) is 9.76. The van der Waals surface area contributed by atoms with E-state index in [0.717, 1.165) is 49.9 Å². The molecule has 1 heterocycles. The number of esters is 1. The van der Waals surface area contributed by atoms with Gasteiger partial charge in [-0.2, -0.15) is 0 Å². The summed E-state index contributed by atoms with van der Waals surface area (Å²) in [4.78, 5) is 38.7. The zero-order valence-electron chi connectivity index (χ0n) is 17.6. The lowest BCUT2D eigenvalue weighted by Crippen LogP contribution is -2.61. The highest BCUT2D eigenvalue weighted by Gasteiger charge is 2.51. The van der Waals surface area contributed by atoms with Crippen LogP contribution in [-0.2, 0) is 14.3 Å². The lowest BCUT2D eigenvalue weighted by atomic mass is 9.53. The van der Waals surface area contributed by atoms with E-state index in [2.05, 4.69) is 10.6 Å². The van der Waals surface area contributed by atoms with Crippen LogP contribution < -0.4 is 10.6 Å². The van der Waals surface area contributed by atoms with Crippen molar-refractivity contribution in [2.75, 3.05) is 26.2 Å². The molecule has 1 saturated heterocycles. The van der Waals surface area contributed by atoms with Crippen LogP contribution in [0.25, 0.3) is 0 Å². The fraction of sp³-hybridized carbons (Fsp3) is 0.864. The summed E-state index contributed by atoms with van der Waals surface area (Å²) in [5.41, 5.74) is -0.0113. The van der Waals surface area contributed by atoms with Crippen LogP contribution >= 0.6 is 0 Å². The Morgan fingerprint density at radius 3 is 2.34 bits per heavy atom. The number of urea groups is 1. The Morgan fingerprint density at radius 1 is 1.07 bits per heavy atom. The number of amides is 3. The Balaban J connectivity index is 1.19. The van der Waals surface area contributed by atoms with Gasteiger partial charge in [-0.15, -0.1) is 0 Å². The van der Waals surface area contributed by atoms with Crippen LogP contribution in [0.4, 0.5) is 4.79 Å². The third-order valence-corrected chi connectivity index (χ3v) is 7.44. The maximum absolute atomic E-state index is 12.5. The number of piperidine rings is 1. The molecule has 7 nitrogen and oxygen atoms in total. The maximum Gasteiger partial charge on any atom is 0.315 e. The molecule has 7 heteroatoms. The highest BCUT2D eigenvalue weighted by molar-refractivity contribution is 5.80. The maximum atomic E-state index is 12.5. The third-order valence-electron chi connectivity index (χ3n) is 7.44. The van der Waals surface area contributed by atoms with Gasteiger partial charge in [0, 0.05) is 31.6 Å². The molecule has 1 aliphatic heterocycles. The molecule has 5 fully saturated rings. The number of hydrogen-bond donors (Lipinski definition) is 2. The first-order valence-corrected chi connectivity index (χ1v) is 11.5. The van der Waals surface area contributed by atoms with Gasteiger partial charge < -0.3 is 20.3 Å². The molecule has 0 spiro atoms. The summed E-state index contributed by atoms with van der Waals surface area (Å²) < 4.78 is 5.09. The van der Waals surface area contributed by atoms with Crippen LogP contribution in [0.5, 0.6) is 0 Å². The zero-order chi connectivity index (χ0) is 20.4. The smallest absolute Gasteiger partial charge is 0.315 e. The van der Waals surface area contributed by atoms with Gasteiger partial charge in [0.15, 0.2) is 0 Å². The molecule has 0 aromatic carbocycles. The van der Waals surface area contributed by atoms with E-state index in [1.807, 2.05) is 0 Å². The largest absolute Gasteiger partial charge is 0.466 e. The van der Waals surface area contributed by atoms with Gasteiger partial charge in [-0.3, -0.25) is 9.59 Å². The topological polar surface area (TPSA) is 87.7 Å². The van der Waals surface area contributed by atoms with Crippen molar-refractivity contribution in [3.05, 3.63) is 0 Å². The summed E-state index contributed by atoms with van der Waals surface area (Å²) in [5, 5.41) is 6.17. The molecular formula is C22H35N3O4. The molecule has 2 N–H and O–H groups in total. The summed E-state index contributed by atoms with van der Waals surface area (Å²) in [6.45, 7) is 3.60. The van der Waals surface area contributed by atoms with Crippen LogP contribution in [0, 0.1) is 23.7 Å². The second-order valence-corrected chi connectivity index (χ2v) is 9.76. The molecule has 0 aromatic heterocycles. The molecule has 162 valence electrons. The van der Waals surface area contributed by atoms with Gasteiger partial charge >= 0.3 is 12.0 Å². The van der Waals surface area contributed by atoms with E-state index < -0.39 is 0 Å². The van der Waals surface area contributed by atoms with E-state index in [1.54, 1.807) is 11.8 Å². The van der Waals surface area contributed by atoms with Gasteiger partial charge in [-0.25, -0.2) is 4.79 Å². The Morgan fingerprint density at radius 2 is 1.72 bits per heavy atom. The van der Waals surface area contributed by atoms with E-state index >= 15 is 0 Å². The van der Waals surface area contributed by atoms with Crippen LogP contribution in [0.15, 0.2) is 0 Å². The molecule has 0 aromatic rings. The summed E-state index contributed by atoms with van der Waals surface area (Å²) in [6, 6.07) is -0.136. The molecular weight excluding hydrogens is 370 g/mol. The number of carbonyl (C=O) groups is 3. The van der Waals surface area contributed by atoms with Crippen LogP contribution in [0.2, 0.25) is 0 Å². The minimum Gasteiger partial charge on any atom is -0.466 e. The molecule has 1 unspecified atom stereocenters. The van der Waals surface area contributed by atoms with Crippen molar-refractivity contribution in [3.8, 4) is 0 Å². The van der Waals surface area contributed by atoms with Crippen molar-refractivity contribution < 1.29 is 19.1 Å². The molecule has 0 radical (unpaired) electrons. The van der Waals surface area contributed by atoms with Gasteiger partial charge in [0.1, 0.15) is 0 Å². The predicted octanol–water partition coefficient (Wildman–Crippen LogP) is 2.45. The van der Waals surface area contributed by atoms with E-state index in [9.17, 15) is 14.4 Å². The molecule has 4 aliphatic carbocycles. The fourth-order valence-corrected chi connectivity index (χ4v) is 6.65. The van der Waals surface area contributed by atoms with Gasteiger partial charge in [0.05, 0.1) is 12.5 Å². The first kappa shape index (κ1) is 20.5. The first-order valence-electron chi connectivity index (χ1n) is 11.5. The van der Waals surface area contributed by atoms with E-state index in [-0.39, 0.29) is 35.8 Å². The van der Waals surface area contributed by atoms with Crippen molar-refractivity contribution in [1.29, 1.82) is 0 Å². The number of rotatable bonds is 6. The van der Waals surface area contributed by atoms with Gasteiger partial charge in [0.2, 0.25) is 5.91 Å². The van der Waals surface area contributed by atoms with Crippen molar-refractivity contribution in [1.82, 2.24) is 15.5 Å². The highest BCUT2D eigenvalue weighted by Crippen LogP contribution is 2.55. The molecule has 5 aliphatic rings. The average Bonchev–Trinajstić information content (AvgIpc) is 2.66. The second kappa shape index (κ2) is 8.52. The van der Waals surface area contributed by atoms with Gasteiger partial charge in [0.25, 0.3) is 0 Å². The Kier molecular flexibility index (Phi) is 6.02. The Bertz CT molecular complexity index is 615. The number of carbonyl (C=O) groups excluding carboxylic acids is 3. The Labute approximate surface area is 173 Å². The van der Waals surface area contributed by atoms with Crippen LogP contribution in [0.3, 0.4) is 0 Å². The number of hydrogen-bond acceptors (Lipinski definition) is 4. The number of ether oxygens (including phenoxy) is 1. The molecule has 5 rings (SSSR count). The highest BCUT2D eigenvalue weighted by atomic mass is 16.5. The predicted molar refractivity (Wildman–Crippen MR) is 108 cm³/mol. The molecule has 1 atom stereocenters. The Hall–Kier alpha value is -1.79. The van der Waals surface area contributed by atoms with Crippen molar-refractivity contribution in [2.24, 2.45) is 23.7 Å². The molecule has 29 heavy (non-hydrogen) atoms. The minimum absolute atomic E-state index is 0.00546. The summed E-state index contributed by atoms with van der Waals surface area (Å²) in [7, 11) is 0. The zero-order valence-corrected chi connectivity index (χ0v) is 17.6. The third kappa shape index (κ3) is 4.69. The SMILES string of the molecule is CCOC(=O)C1CCCN(C(=O)CCNC(=O)NC23CC4CC(CC(C4)C2)C3)C1. The molecule has 4 bridgehead atoms. The number of nitrogens with zero attached hydrogens (tertiary/aromatic N) is 1. The summed E-state index contributed by atoms with van der Waals surface area (Å²) in [6.07, 6.45) is 9.25. The molecule has 3 amide bonds. The van der Waals surface area contributed by atoms with Crippen molar-refractivity contribution in [2.45, 2.75) is 70.3 Å². The normalized spacial score (nSPS) is 35.3. The lowest BCUT2D eigenvalue weighted by molar-refractivity contribution is -0.151. The van der Waals surface area contributed by atoms with E-state index in [0.29, 0.717) is 26.2 Å². The fourth-order valence-electron chi connectivity index (χ4n) is 6.65. The van der Waals surface area contributed by atoms with Crippen LogP contribution in [0.1, 0.15) is 64.7 Å². The monoisotopic (exact) mass is 405 g/mol. The lowest BCUT2D eigenvalue weighted by Gasteiger charge is -2.56.